The van der Waals surface area contributed by atoms with Crippen LogP contribution in [0.2, 0.25) is 0 Å². The Hall–Kier alpha value is -2.81. The van der Waals surface area contributed by atoms with Crippen molar-refractivity contribution in [3.05, 3.63) is 54.2 Å². The molecule has 4 rings (SSSR count). The number of nitrogens with zero attached hydrogens (tertiary/aromatic N) is 3. The first-order chi connectivity index (χ1) is 15.2. The first-order valence-electron chi connectivity index (χ1n) is 10.5. The number of benzene rings is 1. The molecule has 2 saturated heterocycles. The van der Waals surface area contributed by atoms with E-state index in [0.717, 1.165) is 31.2 Å². The number of methoxy groups -OCH3 is 1. The van der Waals surface area contributed by atoms with E-state index in [2.05, 4.69) is 51.2 Å². The Morgan fingerprint density at radius 2 is 1.84 bits per heavy atom. The number of aliphatic carboxylic acids is 1. The van der Waals surface area contributed by atoms with Crippen LogP contribution in [0.5, 0.6) is 5.75 Å². The molecule has 0 saturated carbocycles. The Kier molecular flexibility index (Phi) is 7.60. The minimum atomic E-state index is -5.08. The summed E-state index contributed by atoms with van der Waals surface area (Å²) in [5.74, 6) is -0.692. The molecule has 1 unspecified atom stereocenters. The largest absolute Gasteiger partial charge is 0.497 e. The van der Waals surface area contributed by atoms with E-state index < -0.39 is 12.1 Å². The number of carbonyl (C=O) groups is 1. The highest BCUT2D eigenvalue weighted by Gasteiger charge is 2.41. The molecule has 1 spiro atoms. The van der Waals surface area contributed by atoms with Crippen molar-refractivity contribution in [2.45, 2.75) is 32.0 Å². The predicted molar refractivity (Wildman–Crippen MR) is 115 cm³/mol. The van der Waals surface area contributed by atoms with Crippen LogP contribution >= 0.6 is 0 Å². The van der Waals surface area contributed by atoms with Gasteiger partial charge in [0.1, 0.15) is 11.6 Å². The third kappa shape index (κ3) is 6.35. The maximum atomic E-state index is 10.6. The van der Waals surface area contributed by atoms with Gasteiger partial charge >= 0.3 is 12.1 Å². The van der Waals surface area contributed by atoms with Gasteiger partial charge in [0.15, 0.2) is 0 Å². The molecule has 9 heteroatoms. The molecule has 2 aromatic rings. The van der Waals surface area contributed by atoms with E-state index >= 15 is 0 Å². The highest BCUT2D eigenvalue weighted by atomic mass is 19.4. The van der Waals surface area contributed by atoms with Crippen molar-refractivity contribution in [3.63, 3.8) is 0 Å². The fourth-order valence-corrected chi connectivity index (χ4v) is 4.43. The molecule has 0 amide bonds. The average molecular weight is 451 g/mol. The molecule has 2 aliphatic rings. The fraction of sp³-hybridized carbons (Fsp3) is 0.478. The van der Waals surface area contributed by atoms with Crippen LogP contribution in [0, 0.1) is 5.41 Å². The summed E-state index contributed by atoms with van der Waals surface area (Å²) in [5.41, 5.74) is 1.80. The summed E-state index contributed by atoms with van der Waals surface area (Å²) < 4.78 is 37.0. The monoisotopic (exact) mass is 451 g/mol. The van der Waals surface area contributed by atoms with Gasteiger partial charge in [-0.05, 0) is 55.6 Å². The van der Waals surface area contributed by atoms with Gasteiger partial charge in [-0.1, -0.05) is 18.2 Å². The number of pyridine rings is 1. The zero-order valence-corrected chi connectivity index (χ0v) is 18.0. The van der Waals surface area contributed by atoms with E-state index in [9.17, 15) is 13.2 Å². The van der Waals surface area contributed by atoms with Crippen LogP contribution in [-0.4, -0.2) is 60.4 Å². The second-order valence-electron chi connectivity index (χ2n) is 8.32. The summed E-state index contributed by atoms with van der Waals surface area (Å²) in [6, 6.07) is 14.7. The van der Waals surface area contributed by atoms with E-state index in [0.29, 0.717) is 5.41 Å². The topological polar surface area (TPSA) is 65.9 Å². The normalized spacial score (nSPS) is 21.2. The van der Waals surface area contributed by atoms with Crippen molar-refractivity contribution in [2.75, 3.05) is 38.2 Å². The Bertz CT molecular complexity index is 878. The third-order valence-electron chi connectivity index (χ3n) is 5.96. The number of hydrogen-bond donors (Lipinski definition) is 1. The molecule has 0 aliphatic carbocycles. The van der Waals surface area contributed by atoms with E-state index in [4.69, 9.17) is 14.6 Å². The van der Waals surface area contributed by atoms with Gasteiger partial charge in [-0.15, -0.1) is 0 Å². The predicted octanol–water partition coefficient (Wildman–Crippen LogP) is 4.22. The first kappa shape index (κ1) is 23.8. The van der Waals surface area contributed by atoms with Crippen LogP contribution in [0.25, 0.3) is 0 Å². The number of piperidine rings is 1. The van der Waals surface area contributed by atoms with Crippen LogP contribution in [0.15, 0.2) is 48.7 Å². The molecular weight excluding hydrogens is 423 g/mol. The Labute approximate surface area is 185 Å². The van der Waals surface area contributed by atoms with Crippen molar-refractivity contribution in [2.24, 2.45) is 5.41 Å². The molecule has 0 radical (unpaired) electrons. The van der Waals surface area contributed by atoms with Crippen molar-refractivity contribution < 1.29 is 27.8 Å². The van der Waals surface area contributed by atoms with Crippen LogP contribution in [0.3, 0.4) is 0 Å². The van der Waals surface area contributed by atoms with Crippen LogP contribution in [0.4, 0.5) is 19.0 Å². The van der Waals surface area contributed by atoms with Gasteiger partial charge in [0.05, 0.1) is 7.11 Å². The number of carboxylic acids is 1. The molecule has 6 nitrogen and oxygen atoms in total. The smallest absolute Gasteiger partial charge is 0.490 e. The summed E-state index contributed by atoms with van der Waals surface area (Å²) in [4.78, 5) is 18.6. The second kappa shape index (κ2) is 10.2. The van der Waals surface area contributed by atoms with Gasteiger partial charge in [0, 0.05) is 37.8 Å². The summed E-state index contributed by atoms with van der Waals surface area (Å²) in [5, 5.41) is 7.12. The van der Waals surface area contributed by atoms with Crippen LogP contribution in [-0.2, 0) is 11.3 Å². The number of hydrogen-bond acceptors (Lipinski definition) is 5. The maximum absolute atomic E-state index is 10.6. The van der Waals surface area contributed by atoms with Gasteiger partial charge in [0.25, 0.3) is 0 Å². The number of halogens is 3. The molecule has 174 valence electrons. The number of likely N-dealkylation sites (tertiary alicyclic amines) is 1. The lowest BCUT2D eigenvalue weighted by Gasteiger charge is -2.41. The van der Waals surface area contributed by atoms with Crippen molar-refractivity contribution in [1.29, 1.82) is 0 Å². The quantitative estimate of drug-likeness (QED) is 0.751. The maximum Gasteiger partial charge on any atom is 0.490 e. The molecule has 1 atom stereocenters. The summed E-state index contributed by atoms with van der Waals surface area (Å²) in [6.07, 6.45) is 0.732. The van der Waals surface area contributed by atoms with E-state index in [1.165, 1.54) is 37.9 Å². The molecule has 1 aromatic heterocycles. The lowest BCUT2D eigenvalue weighted by atomic mass is 9.79. The highest BCUT2D eigenvalue weighted by molar-refractivity contribution is 5.73. The van der Waals surface area contributed by atoms with Gasteiger partial charge in [0.2, 0.25) is 0 Å². The number of carboxylic acid groups (broad SMARTS) is 1. The molecule has 2 aliphatic heterocycles. The molecule has 3 heterocycles. The Morgan fingerprint density at radius 3 is 2.44 bits per heavy atom. The summed E-state index contributed by atoms with van der Waals surface area (Å²) in [6.45, 7) is 5.71. The number of alkyl halides is 3. The summed E-state index contributed by atoms with van der Waals surface area (Å²) >= 11 is 0. The number of anilines is 1. The lowest BCUT2D eigenvalue weighted by molar-refractivity contribution is -0.192. The fourth-order valence-electron chi connectivity index (χ4n) is 4.43. The van der Waals surface area contributed by atoms with E-state index in [-0.39, 0.29) is 0 Å². The van der Waals surface area contributed by atoms with Gasteiger partial charge in [-0.2, -0.15) is 13.2 Å². The van der Waals surface area contributed by atoms with Gasteiger partial charge < -0.3 is 14.7 Å². The van der Waals surface area contributed by atoms with E-state index in [1.54, 1.807) is 7.11 Å². The third-order valence-corrected chi connectivity index (χ3v) is 5.96. The molecule has 0 bridgehead atoms. The van der Waals surface area contributed by atoms with Gasteiger partial charge in [-0.25, -0.2) is 9.78 Å². The van der Waals surface area contributed by atoms with Crippen molar-refractivity contribution in [3.8, 4) is 5.75 Å². The van der Waals surface area contributed by atoms with E-state index in [1.807, 2.05) is 12.3 Å². The molecular formula is C23H28F3N3O3. The first-order valence-corrected chi connectivity index (χ1v) is 10.5. The Balaban J connectivity index is 0.000000360. The lowest BCUT2D eigenvalue weighted by Crippen LogP contribution is -2.45. The Morgan fingerprint density at radius 1 is 1.12 bits per heavy atom. The van der Waals surface area contributed by atoms with Crippen molar-refractivity contribution >= 4 is 11.8 Å². The van der Waals surface area contributed by atoms with Gasteiger partial charge in [-0.3, -0.25) is 4.90 Å². The number of aromatic nitrogens is 1. The van der Waals surface area contributed by atoms with Crippen molar-refractivity contribution in [1.82, 2.24) is 9.88 Å². The minimum Gasteiger partial charge on any atom is -0.497 e. The van der Waals surface area contributed by atoms with Crippen LogP contribution < -0.4 is 9.64 Å². The highest BCUT2D eigenvalue weighted by Crippen LogP contribution is 2.40. The SMILES string of the molecule is COc1ccc(CN2CCC3(CCCN(c4ccccn4)C3)C2)cc1.O=C(O)C(F)(F)F. The number of rotatable bonds is 4. The standard InChI is InChI=1S/C21H27N3O.C2HF3O2/c1-25-19-8-6-18(7-9-19)15-23-14-11-21(16-23)10-4-13-24(17-21)20-5-2-3-12-22-20;3-2(4,5)1(6)7/h2-3,5-9,12H,4,10-11,13-17H2,1H3;(H,6,7). The zero-order chi connectivity index (χ0) is 23.2. The molecule has 1 N–H and O–H groups in total. The molecule has 2 fully saturated rings. The average Bonchev–Trinajstić information content (AvgIpc) is 3.16. The van der Waals surface area contributed by atoms with Crippen LogP contribution in [0.1, 0.15) is 24.8 Å². The minimum absolute atomic E-state index is 0.433. The zero-order valence-electron chi connectivity index (χ0n) is 18.0. The molecule has 32 heavy (non-hydrogen) atoms. The number of ether oxygens (including phenoxy) is 1. The second-order valence-corrected chi connectivity index (χ2v) is 8.32. The summed E-state index contributed by atoms with van der Waals surface area (Å²) in [7, 11) is 1.72. The molecule has 1 aromatic carbocycles.